The Morgan fingerprint density at radius 2 is 1.93 bits per heavy atom. The minimum absolute atomic E-state index is 0.193. The highest BCUT2D eigenvalue weighted by molar-refractivity contribution is 8.00. The van der Waals surface area contributed by atoms with Crippen molar-refractivity contribution in [3.8, 4) is 0 Å². The Labute approximate surface area is 90.1 Å². The predicted molar refractivity (Wildman–Crippen MR) is 64.4 cm³/mol. The summed E-state index contributed by atoms with van der Waals surface area (Å²) in [5.41, 5.74) is 13.4. The minimum Gasteiger partial charge on any atom is -0.398 e. The van der Waals surface area contributed by atoms with Crippen LogP contribution in [0, 0.1) is 0 Å². The molecule has 0 atom stereocenters. The smallest absolute Gasteiger partial charge is 0.0455 e. The Kier molecular flexibility index (Phi) is 3.45. The van der Waals surface area contributed by atoms with Gasteiger partial charge in [-0.2, -0.15) is 0 Å². The van der Waals surface area contributed by atoms with Crippen LogP contribution in [-0.4, -0.2) is 4.75 Å². The molecule has 0 bridgehead atoms. The lowest BCUT2D eigenvalue weighted by Gasteiger charge is -2.19. The summed E-state index contributed by atoms with van der Waals surface area (Å²) in [7, 11) is 0. The third-order valence-electron chi connectivity index (χ3n) is 1.73. The normalized spacial score (nSPS) is 11.7. The first kappa shape index (κ1) is 11.4. The molecule has 0 saturated carbocycles. The quantitative estimate of drug-likeness (QED) is 0.583. The van der Waals surface area contributed by atoms with Crippen LogP contribution in [0.4, 0.5) is 5.69 Å². The number of anilines is 1. The number of hydrogen-bond acceptors (Lipinski definition) is 3. The standard InChI is InChI=1S/C11H18N2S/c1-11(2,3)14-10-5-4-8(7-12)6-9(10)13/h4-6H,7,12-13H2,1-3H3. The van der Waals surface area contributed by atoms with Crippen molar-refractivity contribution < 1.29 is 0 Å². The van der Waals surface area contributed by atoms with Crippen LogP contribution in [0.25, 0.3) is 0 Å². The van der Waals surface area contributed by atoms with E-state index in [-0.39, 0.29) is 4.75 Å². The van der Waals surface area contributed by atoms with E-state index in [2.05, 4.69) is 20.8 Å². The van der Waals surface area contributed by atoms with Gasteiger partial charge in [0.15, 0.2) is 0 Å². The molecule has 4 N–H and O–H groups in total. The monoisotopic (exact) mass is 210 g/mol. The number of nitrogens with two attached hydrogens (primary N) is 2. The lowest BCUT2D eigenvalue weighted by Crippen LogP contribution is -2.08. The fraction of sp³-hybridized carbons (Fsp3) is 0.455. The first-order valence-electron chi connectivity index (χ1n) is 4.70. The molecule has 1 aromatic carbocycles. The molecular formula is C11H18N2S. The van der Waals surface area contributed by atoms with Crippen LogP contribution < -0.4 is 11.5 Å². The fourth-order valence-corrected chi connectivity index (χ4v) is 2.12. The first-order valence-corrected chi connectivity index (χ1v) is 5.51. The zero-order valence-electron chi connectivity index (χ0n) is 9.00. The summed E-state index contributed by atoms with van der Waals surface area (Å²) in [6.45, 7) is 7.07. The van der Waals surface area contributed by atoms with E-state index < -0.39 is 0 Å². The predicted octanol–water partition coefficient (Wildman–Crippen LogP) is 2.62. The molecule has 0 aliphatic rings. The molecule has 1 aromatic rings. The fourth-order valence-electron chi connectivity index (χ4n) is 1.15. The van der Waals surface area contributed by atoms with Crippen LogP contribution in [-0.2, 0) is 6.54 Å². The second-order valence-electron chi connectivity index (χ2n) is 4.29. The molecule has 0 spiro atoms. The maximum Gasteiger partial charge on any atom is 0.0455 e. The van der Waals surface area contributed by atoms with E-state index in [1.807, 2.05) is 18.2 Å². The van der Waals surface area contributed by atoms with Gasteiger partial charge in [-0.15, -0.1) is 11.8 Å². The van der Waals surface area contributed by atoms with Crippen molar-refractivity contribution in [3.05, 3.63) is 23.8 Å². The van der Waals surface area contributed by atoms with Crippen LogP contribution in [0.1, 0.15) is 26.3 Å². The summed E-state index contributed by atoms with van der Waals surface area (Å²) in [6.07, 6.45) is 0. The number of hydrogen-bond donors (Lipinski definition) is 2. The van der Waals surface area contributed by atoms with Crippen LogP contribution >= 0.6 is 11.8 Å². The van der Waals surface area contributed by atoms with Gasteiger partial charge in [-0.05, 0) is 17.7 Å². The lowest BCUT2D eigenvalue weighted by atomic mass is 10.2. The maximum absolute atomic E-state index is 5.93. The van der Waals surface area contributed by atoms with Crippen LogP contribution in [0.3, 0.4) is 0 Å². The van der Waals surface area contributed by atoms with Crippen molar-refractivity contribution in [2.45, 2.75) is 37.0 Å². The Bertz CT molecular complexity index is 316. The highest BCUT2D eigenvalue weighted by Gasteiger charge is 2.13. The molecule has 14 heavy (non-hydrogen) atoms. The van der Waals surface area contributed by atoms with Crippen molar-refractivity contribution in [1.29, 1.82) is 0 Å². The van der Waals surface area contributed by atoms with E-state index in [0.29, 0.717) is 6.54 Å². The summed E-state index contributed by atoms with van der Waals surface area (Å²) in [5.74, 6) is 0. The topological polar surface area (TPSA) is 52.0 Å². The van der Waals surface area contributed by atoms with Crippen molar-refractivity contribution in [3.63, 3.8) is 0 Å². The number of benzene rings is 1. The second kappa shape index (κ2) is 4.24. The zero-order valence-corrected chi connectivity index (χ0v) is 9.82. The Morgan fingerprint density at radius 3 is 2.36 bits per heavy atom. The Balaban J connectivity index is 2.89. The molecule has 0 aliphatic heterocycles. The highest BCUT2D eigenvalue weighted by Crippen LogP contribution is 2.35. The second-order valence-corrected chi connectivity index (χ2v) is 6.16. The molecule has 0 radical (unpaired) electrons. The SMILES string of the molecule is CC(C)(C)Sc1ccc(CN)cc1N. The average Bonchev–Trinajstić information content (AvgIpc) is 2.06. The molecule has 0 heterocycles. The van der Waals surface area contributed by atoms with E-state index in [9.17, 15) is 0 Å². The van der Waals surface area contributed by atoms with Crippen molar-refractivity contribution in [2.24, 2.45) is 5.73 Å². The van der Waals surface area contributed by atoms with Crippen molar-refractivity contribution >= 4 is 17.4 Å². The summed E-state index contributed by atoms with van der Waals surface area (Å²) < 4.78 is 0.193. The minimum atomic E-state index is 0.193. The molecule has 0 amide bonds. The van der Waals surface area contributed by atoms with Crippen LogP contribution in [0.5, 0.6) is 0 Å². The molecule has 0 fully saturated rings. The average molecular weight is 210 g/mol. The van der Waals surface area contributed by atoms with Crippen LogP contribution in [0.15, 0.2) is 23.1 Å². The lowest BCUT2D eigenvalue weighted by molar-refractivity contribution is 0.803. The van der Waals surface area contributed by atoms with E-state index >= 15 is 0 Å². The Morgan fingerprint density at radius 1 is 1.29 bits per heavy atom. The van der Waals surface area contributed by atoms with Gasteiger partial charge >= 0.3 is 0 Å². The first-order chi connectivity index (χ1) is 6.42. The van der Waals surface area contributed by atoms with Gasteiger partial charge in [-0.1, -0.05) is 26.8 Å². The summed E-state index contributed by atoms with van der Waals surface area (Å²) in [6, 6.07) is 6.03. The van der Waals surface area contributed by atoms with Gasteiger partial charge in [-0.25, -0.2) is 0 Å². The summed E-state index contributed by atoms with van der Waals surface area (Å²) in [4.78, 5) is 1.13. The van der Waals surface area contributed by atoms with Gasteiger partial charge in [0.05, 0.1) is 0 Å². The number of nitrogen functional groups attached to an aromatic ring is 1. The van der Waals surface area contributed by atoms with Gasteiger partial charge in [-0.3, -0.25) is 0 Å². The third-order valence-corrected chi connectivity index (χ3v) is 2.93. The van der Waals surface area contributed by atoms with Gasteiger partial charge in [0.2, 0.25) is 0 Å². The van der Waals surface area contributed by atoms with Gasteiger partial charge in [0.1, 0.15) is 0 Å². The summed E-state index contributed by atoms with van der Waals surface area (Å²) >= 11 is 1.78. The van der Waals surface area contributed by atoms with Gasteiger partial charge in [0, 0.05) is 21.9 Å². The number of rotatable bonds is 2. The van der Waals surface area contributed by atoms with E-state index in [0.717, 1.165) is 16.1 Å². The van der Waals surface area contributed by atoms with Crippen molar-refractivity contribution in [2.75, 3.05) is 5.73 Å². The maximum atomic E-state index is 5.93. The zero-order chi connectivity index (χ0) is 10.8. The van der Waals surface area contributed by atoms with E-state index in [1.165, 1.54) is 0 Å². The Hall–Kier alpha value is -0.670. The number of thioether (sulfide) groups is 1. The van der Waals surface area contributed by atoms with E-state index in [1.54, 1.807) is 11.8 Å². The molecule has 0 aliphatic carbocycles. The molecule has 1 rings (SSSR count). The van der Waals surface area contributed by atoms with Crippen LogP contribution in [0.2, 0.25) is 0 Å². The molecule has 0 saturated heterocycles. The van der Waals surface area contributed by atoms with Gasteiger partial charge in [0.25, 0.3) is 0 Å². The van der Waals surface area contributed by atoms with Crippen molar-refractivity contribution in [1.82, 2.24) is 0 Å². The van der Waals surface area contributed by atoms with E-state index in [4.69, 9.17) is 11.5 Å². The molecular weight excluding hydrogens is 192 g/mol. The largest absolute Gasteiger partial charge is 0.398 e. The van der Waals surface area contributed by atoms with Gasteiger partial charge < -0.3 is 11.5 Å². The molecule has 78 valence electrons. The molecule has 0 unspecified atom stereocenters. The molecule has 3 heteroatoms. The molecule has 2 nitrogen and oxygen atoms in total. The highest BCUT2D eigenvalue weighted by atomic mass is 32.2. The summed E-state index contributed by atoms with van der Waals surface area (Å²) in [5, 5.41) is 0. The molecule has 0 aromatic heterocycles. The third kappa shape index (κ3) is 3.24.